The molecule has 1 aliphatic heterocycles. The largest absolute Gasteiger partial charge is 0.493 e. The van der Waals surface area contributed by atoms with Gasteiger partial charge < -0.3 is 19.5 Å². The normalized spacial score (nSPS) is 13.6. The van der Waals surface area contributed by atoms with Crippen LogP contribution in [0.25, 0.3) is 6.08 Å². The second kappa shape index (κ2) is 8.49. The summed E-state index contributed by atoms with van der Waals surface area (Å²) in [5.74, 6) is 1.50. The Morgan fingerprint density at radius 1 is 1.32 bits per heavy atom. The number of benzene rings is 2. The van der Waals surface area contributed by atoms with Crippen LogP contribution in [0.15, 0.2) is 42.0 Å². The summed E-state index contributed by atoms with van der Waals surface area (Å²) < 4.78 is 16.0. The molecule has 0 aliphatic carbocycles. The molecule has 1 N–H and O–H groups in total. The van der Waals surface area contributed by atoms with Gasteiger partial charge in [0.05, 0.1) is 7.11 Å². The molecule has 0 bridgehead atoms. The van der Waals surface area contributed by atoms with E-state index in [-0.39, 0.29) is 12.4 Å². The Kier molecular flexibility index (Phi) is 5.85. The van der Waals surface area contributed by atoms with Crippen LogP contribution in [-0.2, 0) is 4.79 Å². The van der Waals surface area contributed by atoms with Crippen LogP contribution in [0, 0.1) is 11.3 Å². The monoisotopic (exact) mass is 378 g/mol. The quantitative estimate of drug-likeness (QED) is 0.592. The standard InChI is InChI=1S/C22H22N2O4/c1-4-14(2)16-5-7-18(8-6-16)24-22(25)17(12-23)9-15-10-19(26-3)21-20(11-15)27-13-28-21/h5-11,14H,4,13H2,1-3H3,(H,24,25)/b17-9+/t14-/m1/s1. The van der Waals surface area contributed by atoms with Gasteiger partial charge in [-0.05, 0) is 53.8 Å². The summed E-state index contributed by atoms with van der Waals surface area (Å²) in [5, 5.41) is 12.2. The number of amides is 1. The average molecular weight is 378 g/mol. The highest BCUT2D eigenvalue weighted by atomic mass is 16.7. The van der Waals surface area contributed by atoms with Crippen molar-refractivity contribution in [3.8, 4) is 23.3 Å². The van der Waals surface area contributed by atoms with Crippen LogP contribution in [0.3, 0.4) is 0 Å². The van der Waals surface area contributed by atoms with E-state index in [1.807, 2.05) is 30.3 Å². The second-order valence-corrected chi connectivity index (χ2v) is 6.51. The summed E-state index contributed by atoms with van der Waals surface area (Å²) in [4.78, 5) is 12.5. The zero-order chi connectivity index (χ0) is 20.1. The number of fused-ring (bicyclic) bond motifs is 1. The second-order valence-electron chi connectivity index (χ2n) is 6.51. The molecule has 144 valence electrons. The third kappa shape index (κ3) is 4.09. The van der Waals surface area contributed by atoms with E-state index in [1.54, 1.807) is 12.1 Å². The fourth-order valence-corrected chi connectivity index (χ4v) is 2.88. The molecule has 6 heteroatoms. The maximum atomic E-state index is 12.5. The van der Waals surface area contributed by atoms with E-state index in [9.17, 15) is 10.1 Å². The minimum Gasteiger partial charge on any atom is -0.493 e. The molecule has 0 radical (unpaired) electrons. The molecule has 1 atom stereocenters. The average Bonchev–Trinajstić information content (AvgIpc) is 3.19. The van der Waals surface area contributed by atoms with E-state index < -0.39 is 5.91 Å². The van der Waals surface area contributed by atoms with Gasteiger partial charge in [0.1, 0.15) is 11.6 Å². The maximum absolute atomic E-state index is 12.5. The summed E-state index contributed by atoms with van der Waals surface area (Å²) in [6.45, 7) is 4.40. The zero-order valence-corrected chi connectivity index (χ0v) is 16.1. The highest BCUT2D eigenvalue weighted by molar-refractivity contribution is 6.09. The van der Waals surface area contributed by atoms with Crippen molar-refractivity contribution in [3.63, 3.8) is 0 Å². The van der Waals surface area contributed by atoms with Crippen molar-refractivity contribution in [3.05, 3.63) is 53.1 Å². The summed E-state index contributed by atoms with van der Waals surface area (Å²) in [6, 6.07) is 13.0. The smallest absolute Gasteiger partial charge is 0.266 e. The van der Waals surface area contributed by atoms with Gasteiger partial charge in [0.2, 0.25) is 12.5 Å². The van der Waals surface area contributed by atoms with Crippen molar-refractivity contribution in [2.24, 2.45) is 0 Å². The lowest BCUT2D eigenvalue weighted by Gasteiger charge is -2.10. The Hall–Kier alpha value is -3.46. The van der Waals surface area contributed by atoms with Crippen LogP contribution >= 0.6 is 0 Å². The molecule has 0 unspecified atom stereocenters. The third-order valence-electron chi connectivity index (χ3n) is 4.71. The van der Waals surface area contributed by atoms with Gasteiger partial charge in [-0.1, -0.05) is 26.0 Å². The molecule has 2 aromatic carbocycles. The van der Waals surface area contributed by atoms with Crippen molar-refractivity contribution in [2.45, 2.75) is 26.2 Å². The highest BCUT2D eigenvalue weighted by Gasteiger charge is 2.20. The van der Waals surface area contributed by atoms with Crippen LogP contribution in [0.2, 0.25) is 0 Å². The molecule has 6 nitrogen and oxygen atoms in total. The van der Waals surface area contributed by atoms with Gasteiger partial charge in [-0.25, -0.2) is 0 Å². The van der Waals surface area contributed by atoms with Gasteiger partial charge in [0.15, 0.2) is 11.5 Å². The van der Waals surface area contributed by atoms with E-state index in [0.717, 1.165) is 6.42 Å². The minimum absolute atomic E-state index is 0.0214. The number of nitriles is 1. The van der Waals surface area contributed by atoms with Crippen molar-refractivity contribution in [1.82, 2.24) is 0 Å². The van der Waals surface area contributed by atoms with Crippen molar-refractivity contribution in [1.29, 1.82) is 5.26 Å². The van der Waals surface area contributed by atoms with Crippen molar-refractivity contribution in [2.75, 3.05) is 19.2 Å². The Bertz CT molecular complexity index is 942. The van der Waals surface area contributed by atoms with E-state index in [1.165, 1.54) is 18.7 Å². The predicted molar refractivity (Wildman–Crippen MR) is 106 cm³/mol. The summed E-state index contributed by atoms with van der Waals surface area (Å²) in [6.07, 6.45) is 2.54. The number of rotatable bonds is 6. The van der Waals surface area contributed by atoms with Crippen LogP contribution < -0.4 is 19.5 Å². The van der Waals surface area contributed by atoms with Gasteiger partial charge >= 0.3 is 0 Å². The van der Waals surface area contributed by atoms with Gasteiger partial charge in [-0.2, -0.15) is 5.26 Å². The number of carbonyl (C=O) groups is 1. The number of anilines is 1. The zero-order valence-electron chi connectivity index (χ0n) is 16.1. The molecule has 0 aromatic heterocycles. The maximum Gasteiger partial charge on any atom is 0.266 e. The van der Waals surface area contributed by atoms with E-state index in [0.29, 0.717) is 34.4 Å². The van der Waals surface area contributed by atoms with Crippen molar-refractivity contribution >= 4 is 17.7 Å². The van der Waals surface area contributed by atoms with Crippen molar-refractivity contribution < 1.29 is 19.0 Å². The molecule has 0 saturated heterocycles. The Labute approximate surface area is 164 Å². The van der Waals surface area contributed by atoms with Gasteiger partial charge in [0.25, 0.3) is 5.91 Å². The Morgan fingerprint density at radius 3 is 2.71 bits per heavy atom. The minimum atomic E-state index is -0.476. The number of ether oxygens (including phenoxy) is 3. The predicted octanol–water partition coefficient (Wildman–Crippen LogP) is 4.48. The third-order valence-corrected chi connectivity index (χ3v) is 4.71. The summed E-state index contributed by atoms with van der Waals surface area (Å²) in [5.41, 5.74) is 2.44. The number of methoxy groups -OCH3 is 1. The molecule has 1 heterocycles. The first-order valence-electron chi connectivity index (χ1n) is 9.06. The lowest BCUT2D eigenvalue weighted by Crippen LogP contribution is -2.13. The first kappa shape index (κ1) is 19.3. The van der Waals surface area contributed by atoms with Gasteiger partial charge in [-0.15, -0.1) is 0 Å². The number of hydrogen-bond donors (Lipinski definition) is 1. The first-order valence-corrected chi connectivity index (χ1v) is 9.06. The molecule has 0 saturated carbocycles. The molecular formula is C22H22N2O4. The van der Waals surface area contributed by atoms with Crippen LogP contribution in [0.1, 0.15) is 37.3 Å². The van der Waals surface area contributed by atoms with Gasteiger partial charge in [-0.3, -0.25) is 4.79 Å². The molecule has 1 aliphatic rings. The molecule has 2 aromatic rings. The van der Waals surface area contributed by atoms with E-state index in [2.05, 4.69) is 19.2 Å². The highest BCUT2D eigenvalue weighted by Crippen LogP contribution is 2.42. The molecule has 3 rings (SSSR count). The van der Waals surface area contributed by atoms with Crippen LogP contribution in [0.5, 0.6) is 17.2 Å². The molecule has 28 heavy (non-hydrogen) atoms. The summed E-state index contributed by atoms with van der Waals surface area (Å²) in [7, 11) is 1.52. The SMILES string of the molecule is CC[C@@H](C)c1ccc(NC(=O)/C(C#N)=C/c2cc(OC)c3c(c2)OCO3)cc1. The van der Waals surface area contributed by atoms with E-state index in [4.69, 9.17) is 14.2 Å². The fraction of sp³-hybridized carbons (Fsp3) is 0.273. The summed E-state index contributed by atoms with van der Waals surface area (Å²) >= 11 is 0. The van der Waals surface area contributed by atoms with E-state index >= 15 is 0 Å². The Morgan fingerprint density at radius 2 is 2.07 bits per heavy atom. The number of carbonyl (C=O) groups excluding carboxylic acids is 1. The number of nitrogens with one attached hydrogen (secondary N) is 1. The van der Waals surface area contributed by atoms with Gasteiger partial charge in [0, 0.05) is 5.69 Å². The number of nitrogens with zero attached hydrogens (tertiary/aromatic N) is 1. The molecule has 0 fully saturated rings. The molecule has 0 spiro atoms. The molecule has 1 amide bonds. The number of hydrogen-bond acceptors (Lipinski definition) is 5. The Balaban J connectivity index is 1.79. The van der Waals surface area contributed by atoms with Crippen LogP contribution in [0.4, 0.5) is 5.69 Å². The van der Waals surface area contributed by atoms with Crippen LogP contribution in [-0.4, -0.2) is 19.8 Å². The first-order chi connectivity index (χ1) is 13.5. The fourth-order valence-electron chi connectivity index (χ4n) is 2.88. The molecular weight excluding hydrogens is 356 g/mol. The lowest BCUT2D eigenvalue weighted by atomic mass is 9.98. The topological polar surface area (TPSA) is 80.6 Å². The lowest BCUT2D eigenvalue weighted by molar-refractivity contribution is -0.112.